The van der Waals surface area contributed by atoms with Crippen LogP contribution in [0.25, 0.3) is 0 Å². The molecule has 0 N–H and O–H groups in total. The second kappa shape index (κ2) is 5.18. The summed E-state index contributed by atoms with van der Waals surface area (Å²) in [5.41, 5.74) is 0. The molecule has 88 valence electrons. The van der Waals surface area contributed by atoms with Crippen molar-refractivity contribution in [2.24, 2.45) is 0 Å². The van der Waals surface area contributed by atoms with Crippen LogP contribution in [0.5, 0.6) is 0 Å². The first-order chi connectivity index (χ1) is 6.62. The van der Waals surface area contributed by atoms with E-state index >= 15 is 0 Å². The van der Waals surface area contributed by atoms with Gasteiger partial charge in [0.1, 0.15) is 16.5 Å². The van der Waals surface area contributed by atoms with Crippen LogP contribution in [-0.4, -0.2) is 34.8 Å². The summed E-state index contributed by atoms with van der Waals surface area (Å²) in [5, 5.41) is 0. The van der Waals surface area contributed by atoms with Crippen molar-refractivity contribution in [3.63, 3.8) is 0 Å². The lowest BCUT2D eigenvalue weighted by atomic mass is 11.1. The van der Waals surface area contributed by atoms with Crippen molar-refractivity contribution >= 4 is 26.3 Å². The molecular weight excluding hydrogens is 232 g/mol. The molecule has 0 aromatic rings. The molecule has 0 aliphatic rings. The molecule has 0 spiro atoms. The fraction of sp³-hybridized carbons (Fsp3) is 0.600. The Morgan fingerprint density at radius 2 is 1.07 bits per heavy atom. The van der Waals surface area contributed by atoms with Gasteiger partial charge in [-0.1, -0.05) is 52.4 Å². The van der Waals surface area contributed by atoms with Crippen molar-refractivity contribution in [1.29, 1.82) is 0 Å². The van der Waals surface area contributed by atoms with Crippen LogP contribution in [0.2, 0.25) is 39.3 Å². The van der Waals surface area contributed by atoms with Crippen LogP contribution in [0.4, 0.5) is 0 Å². The van der Waals surface area contributed by atoms with E-state index in [1.165, 1.54) is 0 Å². The van der Waals surface area contributed by atoms with Crippen molar-refractivity contribution in [3.8, 4) is 0 Å². The monoisotopic (exact) mass is 258 g/mol. The standard InChI is InChI=1S/C10H26N2Si3/c1-9-11(14(3,4)5)13-12(10-2)15(6,7)8/h9-10H,1-2,13H2,3-8H3. The Labute approximate surface area is 99.8 Å². The van der Waals surface area contributed by atoms with E-state index in [4.69, 9.17) is 0 Å². The van der Waals surface area contributed by atoms with Gasteiger partial charge in [0.2, 0.25) is 9.84 Å². The Balaban J connectivity index is 4.67. The van der Waals surface area contributed by atoms with E-state index in [1.807, 2.05) is 12.4 Å². The predicted molar refractivity (Wildman–Crippen MR) is 79.3 cm³/mol. The van der Waals surface area contributed by atoms with Gasteiger partial charge in [-0.25, -0.2) is 0 Å². The summed E-state index contributed by atoms with van der Waals surface area (Å²) in [7, 11) is -2.88. The first kappa shape index (κ1) is 14.7. The van der Waals surface area contributed by atoms with Gasteiger partial charge in [0.05, 0.1) is 0 Å². The van der Waals surface area contributed by atoms with E-state index in [0.29, 0.717) is 0 Å². The highest BCUT2D eigenvalue weighted by Crippen LogP contribution is 2.14. The molecule has 0 bridgehead atoms. The van der Waals surface area contributed by atoms with Crippen LogP contribution in [-0.2, 0) is 0 Å². The minimum Gasteiger partial charge on any atom is -0.420 e. The van der Waals surface area contributed by atoms with Gasteiger partial charge in [-0.2, -0.15) is 0 Å². The highest BCUT2D eigenvalue weighted by atomic mass is 28.4. The summed E-state index contributed by atoms with van der Waals surface area (Å²) >= 11 is 0. The number of rotatable bonds is 6. The Kier molecular flexibility index (Phi) is 5.09. The lowest BCUT2D eigenvalue weighted by Crippen LogP contribution is -2.55. The molecule has 5 heteroatoms. The molecule has 0 saturated heterocycles. The van der Waals surface area contributed by atoms with Crippen LogP contribution < -0.4 is 0 Å². The van der Waals surface area contributed by atoms with Gasteiger partial charge < -0.3 is 8.46 Å². The molecule has 0 aromatic carbocycles. The third-order valence-electron chi connectivity index (χ3n) is 2.47. The SMILES string of the molecule is C=CN([SiH2]N(C=C)[Si](C)(C)C)[Si](C)(C)C. The summed E-state index contributed by atoms with van der Waals surface area (Å²) in [5.74, 6) is 0. The maximum Gasteiger partial charge on any atom is 0.213 e. The zero-order valence-corrected chi connectivity index (χ0v) is 14.6. The van der Waals surface area contributed by atoms with E-state index in [2.05, 4.69) is 60.9 Å². The van der Waals surface area contributed by atoms with Gasteiger partial charge in [-0.15, -0.1) is 0 Å². The summed E-state index contributed by atoms with van der Waals surface area (Å²) in [6.07, 6.45) is 4.07. The molecule has 0 aliphatic carbocycles. The number of nitrogens with zero attached hydrogens (tertiary/aromatic N) is 2. The van der Waals surface area contributed by atoms with Crippen LogP contribution in [0, 0.1) is 0 Å². The first-order valence-corrected chi connectivity index (χ1v) is 13.6. The van der Waals surface area contributed by atoms with E-state index in [1.54, 1.807) is 0 Å². The fourth-order valence-electron chi connectivity index (χ4n) is 1.25. The average Bonchev–Trinajstić information content (AvgIpc) is 2.01. The lowest BCUT2D eigenvalue weighted by Gasteiger charge is -2.42. The Hall–Kier alpha value is -0.269. The van der Waals surface area contributed by atoms with Crippen molar-refractivity contribution < 1.29 is 0 Å². The summed E-state index contributed by atoms with van der Waals surface area (Å²) in [4.78, 5) is 0. The fourth-order valence-corrected chi connectivity index (χ4v) is 7.64. The van der Waals surface area contributed by atoms with Crippen LogP contribution in [0.15, 0.2) is 25.6 Å². The van der Waals surface area contributed by atoms with E-state index < -0.39 is 26.3 Å². The molecule has 0 aromatic heterocycles. The Morgan fingerprint density at radius 3 is 1.20 bits per heavy atom. The molecule has 0 heterocycles. The molecule has 2 nitrogen and oxygen atoms in total. The Bertz CT molecular complexity index is 204. The minimum atomic E-state index is -1.23. The van der Waals surface area contributed by atoms with Crippen molar-refractivity contribution in [3.05, 3.63) is 25.6 Å². The molecular formula is C10H26N2Si3. The van der Waals surface area contributed by atoms with Crippen molar-refractivity contribution in [2.45, 2.75) is 39.3 Å². The van der Waals surface area contributed by atoms with Crippen LogP contribution in [0.1, 0.15) is 0 Å². The van der Waals surface area contributed by atoms with Gasteiger partial charge >= 0.3 is 0 Å². The predicted octanol–water partition coefficient (Wildman–Crippen LogP) is 2.55. The molecule has 0 aliphatic heterocycles. The third kappa shape index (κ3) is 4.85. The maximum atomic E-state index is 3.95. The molecule has 0 atom stereocenters. The highest BCUT2D eigenvalue weighted by Gasteiger charge is 2.27. The largest absolute Gasteiger partial charge is 0.420 e. The van der Waals surface area contributed by atoms with Crippen LogP contribution >= 0.6 is 0 Å². The molecule has 0 amide bonds. The van der Waals surface area contributed by atoms with Crippen LogP contribution in [0.3, 0.4) is 0 Å². The molecule has 0 radical (unpaired) electrons. The van der Waals surface area contributed by atoms with Gasteiger partial charge in [-0.05, 0) is 12.4 Å². The molecule has 0 unspecified atom stereocenters. The summed E-state index contributed by atoms with van der Waals surface area (Å²) < 4.78 is 5.04. The Morgan fingerprint density at radius 1 is 0.800 bits per heavy atom. The number of hydrogen-bond acceptors (Lipinski definition) is 2. The zero-order chi connectivity index (χ0) is 12.3. The average molecular weight is 259 g/mol. The lowest BCUT2D eigenvalue weighted by molar-refractivity contribution is 0.761. The third-order valence-corrected chi connectivity index (χ3v) is 13.9. The van der Waals surface area contributed by atoms with E-state index in [-0.39, 0.29) is 0 Å². The van der Waals surface area contributed by atoms with Gasteiger partial charge in [0.25, 0.3) is 0 Å². The maximum absolute atomic E-state index is 3.95. The van der Waals surface area contributed by atoms with E-state index in [9.17, 15) is 0 Å². The summed E-state index contributed by atoms with van der Waals surface area (Å²) in [6, 6.07) is 0. The zero-order valence-electron chi connectivity index (χ0n) is 11.2. The smallest absolute Gasteiger partial charge is 0.213 e. The van der Waals surface area contributed by atoms with E-state index in [0.717, 1.165) is 0 Å². The molecule has 15 heavy (non-hydrogen) atoms. The quantitative estimate of drug-likeness (QED) is 0.676. The number of hydrogen-bond donors (Lipinski definition) is 0. The molecule has 0 saturated carbocycles. The highest BCUT2D eigenvalue weighted by molar-refractivity contribution is 6.84. The summed E-state index contributed by atoms with van der Waals surface area (Å²) in [6.45, 7) is 22.1. The second-order valence-corrected chi connectivity index (χ2v) is 18.5. The minimum absolute atomic E-state index is 0.415. The van der Waals surface area contributed by atoms with Gasteiger partial charge in [0, 0.05) is 0 Å². The second-order valence-electron chi connectivity index (χ2n) is 5.79. The van der Waals surface area contributed by atoms with Crippen molar-refractivity contribution in [1.82, 2.24) is 8.46 Å². The van der Waals surface area contributed by atoms with Gasteiger partial charge in [0.15, 0.2) is 0 Å². The van der Waals surface area contributed by atoms with Gasteiger partial charge in [-0.3, -0.25) is 0 Å². The topological polar surface area (TPSA) is 6.48 Å². The molecule has 0 fully saturated rings. The van der Waals surface area contributed by atoms with Crippen molar-refractivity contribution in [2.75, 3.05) is 0 Å². The normalized spacial score (nSPS) is 12.1. The first-order valence-electron chi connectivity index (χ1n) is 5.41. The molecule has 0 rings (SSSR count).